The van der Waals surface area contributed by atoms with E-state index in [0.29, 0.717) is 11.9 Å². The van der Waals surface area contributed by atoms with Crippen LogP contribution in [0.4, 0.5) is 0 Å². The highest BCUT2D eigenvalue weighted by molar-refractivity contribution is 5.79. The predicted molar refractivity (Wildman–Crippen MR) is 55.9 cm³/mol. The van der Waals surface area contributed by atoms with E-state index in [9.17, 15) is 4.79 Å². The summed E-state index contributed by atoms with van der Waals surface area (Å²) in [5.74, 6) is 1.29. The smallest absolute Gasteiger partial charge is 0.225 e. The van der Waals surface area contributed by atoms with E-state index in [-0.39, 0.29) is 5.92 Å². The van der Waals surface area contributed by atoms with Gasteiger partial charge in [-0.2, -0.15) is 0 Å². The lowest BCUT2D eigenvalue weighted by Crippen LogP contribution is -2.41. The molecule has 2 aliphatic rings. The SMILES string of the molecule is CCC(C)C(=O)N1CC[C@@H]2CNC[C@@H]21. The number of nitrogens with zero attached hydrogens (tertiary/aromatic N) is 1. The van der Waals surface area contributed by atoms with Gasteiger partial charge in [0.05, 0.1) is 0 Å². The maximum absolute atomic E-state index is 12.0. The van der Waals surface area contributed by atoms with Crippen molar-refractivity contribution in [2.75, 3.05) is 19.6 Å². The van der Waals surface area contributed by atoms with Crippen LogP contribution in [0.5, 0.6) is 0 Å². The van der Waals surface area contributed by atoms with Gasteiger partial charge in [0.15, 0.2) is 0 Å². The van der Waals surface area contributed by atoms with Crippen LogP contribution < -0.4 is 5.32 Å². The average molecular weight is 196 g/mol. The molecule has 3 nitrogen and oxygen atoms in total. The first-order valence-corrected chi connectivity index (χ1v) is 5.75. The van der Waals surface area contributed by atoms with E-state index >= 15 is 0 Å². The molecule has 2 heterocycles. The molecule has 3 heteroatoms. The maximum atomic E-state index is 12.0. The standard InChI is InChI=1S/C11H20N2O/c1-3-8(2)11(14)13-5-4-9-6-12-7-10(9)13/h8-10,12H,3-7H2,1-2H3/t8?,9-,10+/m1/s1. The molecule has 14 heavy (non-hydrogen) atoms. The van der Waals surface area contributed by atoms with E-state index in [2.05, 4.69) is 17.1 Å². The average Bonchev–Trinajstić information content (AvgIpc) is 2.76. The molecule has 3 atom stereocenters. The first-order valence-electron chi connectivity index (χ1n) is 5.75. The van der Waals surface area contributed by atoms with Crippen LogP contribution in [0.25, 0.3) is 0 Å². The lowest BCUT2D eigenvalue weighted by atomic mass is 10.0. The normalized spacial score (nSPS) is 33.1. The largest absolute Gasteiger partial charge is 0.338 e. The van der Waals surface area contributed by atoms with Crippen LogP contribution in [-0.4, -0.2) is 36.5 Å². The number of hydrogen-bond donors (Lipinski definition) is 1. The summed E-state index contributed by atoms with van der Waals surface area (Å²) in [6.45, 7) is 7.23. The minimum absolute atomic E-state index is 0.203. The molecule has 2 aliphatic heterocycles. The molecular formula is C11H20N2O. The van der Waals surface area contributed by atoms with Crippen molar-refractivity contribution in [3.05, 3.63) is 0 Å². The molecule has 0 radical (unpaired) electrons. The van der Waals surface area contributed by atoms with Crippen molar-refractivity contribution in [3.63, 3.8) is 0 Å². The highest BCUT2D eigenvalue weighted by Crippen LogP contribution is 2.28. The summed E-state index contributed by atoms with van der Waals surface area (Å²) in [5, 5.41) is 3.37. The number of hydrogen-bond acceptors (Lipinski definition) is 2. The Bertz CT molecular complexity index is 229. The van der Waals surface area contributed by atoms with E-state index in [1.807, 2.05) is 6.92 Å². The highest BCUT2D eigenvalue weighted by Gasteiger charge is 2.40. The Morgan fingerprint density at radius 2 is 2.36 bits per heavy atom. The molecule has 2 saturated heterocycles. The zero-order chi connectivity index (χ0) is 10.1. The molecule has 0 aromatic rings. The Labute approximate surface area is 85.8 Å². The minimum atomic E-state index is 0.203. The molecule has 0 bridgehead atoms. The Kier molecular flexibility index (Phi) is 2.77. The van der Waals surface area contributed by atoms with Crippen molar-refractivity contribution in [1.82, 2.24) is 10.2 Å². The van der Waals surface area contributed by atoms with Gasteiger partial charge in [0.25, 0.3) is 0 Å². The third kappa shape index (κ3) is 1.54. The van der Waals surface area contributed by atoms with E-state index in [1.165, 1.54) is 6.42 Å². The lowest BCUT2D eigenvalue weighted by Gasteiger charge is -2.26. The molecule has 1 unspecified atom stereocenters. The van der Waals surface area contributed by atoms with Crippen LogP contribution >= 0.6 is 0 Å². The summed E-state index contributed by atoms with van der Waals surface area (Å²) in [7, 11) is 0. The van der Waals surface area contributed by atoms with Crippen LogP contribution in [0.2, 0.25) is 0 Å². The van der Waals surface area contributed by atoms with Gasteiger partial charge in [-0.15, -0.1) is 0 Å². The van der Waals surface area contributed by atoms with Gasteiger partial charge in [-0.05, 0) is 18.8 Å². The number of likely N-dealkylation sites (tertiary alicyclic amines) is 1. The summed E-state index contributed by atoms with van der Waals surface area (Å²) >= 11 is 0. The fraction of sp³-hybridized carbons (Fsp3) is 0.909. The predicted octanol–water partition coefficient (Wildman–Crippen LogP) is 0.853. The van der Waals surface area contributed by atoms with Crippen LogP contribution in [0.15, 0.2) is 0 Å². The van der Waals surface area contributed by atoms with E-state index in [0.717, 1.165) is 32.0 Å². The lowest BCUT2D eigenvalue weighted by molar-refractivity contribution is -0.135. The number of amides is 1. The third-order valence-corrected chi connectivity index (χ3v) is 3.76. The number of rotatable bonds is 2. The zero-order valence-electron chi connectivity index (χ0n) is 9.12. The van der Waals surface area contributed by atoms with Gasteiger partial charge in [-0.1, -0.05) is 13.8 Å². The van der Waals surface area contributed by atoms with Gasteiger partial charge in [0, 0.05) is 31.6 Å². The monoisotopic (exact) mass is 196 g/mol. The third-order valence-electron chi connectivity index (χ3n) is 3.76. The molecule has 80 valence electrons. The Morgan fingerprint density at radius 1 is 1.57 bits per heavy atom. The maximum Gasteiger partial charge on any atom is 0.225 e. The first-order chi connectivity index (χ1) is 6.74. The summed E-state index contributed by atoms with van der Waals surface area (Å²) in [5.41, 5.74) is 0. The van der Waals surface area contributed by atoms with Crippen LogP contribution in [0.3, 0.4) is 0 Å². The van der Waals surface area contributed by atoms with Crippen molar-refractivity contribution in [2.24, 2.45) is 11.8 Å². The highest BCUT2D eigenvalue weighted by atomic mass is 16.2. The fourth-order valence-electron chi connectivity index (χ4n) is 2.58. The first kappa shape index (κ1) is 9.97. The molecular weight excluding hydrogens is 176 g/mol. The summed E-state index contributed by atoms with van der Waals surface area (Å²) < 4.78 is 0. The fourth-order valence-corrected chi connectivity index (χ4v) is 2.58. The van der Waals surface area contributed by atoms with Crippen LogP contribution in [-0.2, 0) is 4.79 Å². The number of nitrogens with one attached hydrogen (secondary N) is 1. The molecule has 2 rings (SSSR count). The molecule has 1 amide bonds. The molecule has 0 aromatic heterocycles. The van der Waals surface area contributed by atoms with Gasteiger partial charge >= 0.3 is 0 Å². The van der Waals surface area contributed by atoms with Crippen molar-refractivity contribution < 1.29 is 4.79 Å². The molecule has 0 aromatic carbocycles. The summed E-state index contributed by atoms with van der Waals surface area (Å²) in [6, 6.07) is 0.497. The Morgan fingerprint density at radius 3 is 3.07 bits per heavy atom. The summed E-state index contributed by atoms with van der Waals surface area (Å²) in [4.78, 5) is 14.1. The Balaban J connectivity index is 2.01. The van der Waals surface area contributed by atoms with Gasteiger partial charge in [-0.25, -0.2) is 0 Å². The second kappa shape index (κ2) is 3.89. The van der Waals surface area contributed by atoms with E-state index in [4.69, 9.17) is 0 Å². The second-order valence-corrected chi connectivity index (χ2v) is 4.62. The van der Waals surface area contributed by atoms with Crippen molar-refractivity contribution >= 4 is 5.91 Å². The van der Waals surface area contributed by atoms with Crippen molar-refractivity contribution in [1.29, 1.82) is 0 Å². The number of carbonyl (C=O) groups excluding carboxylic acids is 1. The minimum Gasteiger partial charge on any atom is -0.338 e. The van der Waals surface area contributed by atoms with Crippen LogP contribution in [0, 0.1) is 11.8 Å². The molecule has 1 N–H and O–H groups in total. The van der Waals surface area contributed by atoms with Gasteiger partial charge < -0.3 is 10.2 Å². The summed E-state index contributed by atoms with van der Waals surface area (Å²) in [6.07, 6.45) is 2.15. The van der Waals surface area contributed by atoms with Gasteiger partial charge in [0.1, 0.15) is 0 Å². The van der Waals surface area contributed by atoms with Crippen LogP contribution in [0.1, 0.15) is 26.7 Å². The molecule has 2 fully saturated rings. The molecule has 0 spiro atoms. The van der Waals surface area contributed by atoms with Gasteiger partial charge in [-0.3, -0.25) is 4.79 Å². The quantitative estimate of drug-likeness (QED) is 0.710. The second-order valence-electron chi connectivity index (χ2n) is 4.62. The topological polar surface area (TPSA) is 32.3 Å². The van der Waals surface area contributed by atoms with E-state index < -0.39 is 0 Å². The van der Waals surface area contributed by atoms with Gasteiger partial charge in [0.2, 0.25) is 5.91 Å². The number of carbonyl (C=O) groups is 1. The molecule has 0 aliphatic carbocycles. The molecule has 0 saturated carbocycles. The van der Waals surface area contributed by atoms with E-state index in [1.54, 1.807) is 0 Å². The number of fused-ring (bicyclic) bond motifs is 1. The van der Waals surface area contributed by atoms with Crippen molar-refractivity contribution in [2.45, 2.75) is 32.7 Å². The Hall–Kier alpha value is -0.570. The van der Waals surface area contributed by atoms with Crippen molar-refractivity contribution in [3.8, 4) is 0 Å². The zero-order valence-corrected chi connectivity index (χ0v) is 9.12.